The molecule has 0 spiro atoms. The van der Waals surface area contributed by atoms with Crippen LogP contribution in [0.1, 0.15) is 18.0 Å². The normalized spacial score (nSPS) is 12.1. The number of benzene rings is 1. The maximum atomic E-state index is 12.3. The van der Waals surface area contributed by atoms with Crippen LogP contribution in [0.25, 0.3) is 0 Å². The Morgan fingerprint density at radius 1 is 1.30 bits per heavy atom. The van der Waals surface area contributed by atoms with Crippen LogP contribution in [-0.4, -0.2) is 33.8 Å². The minimum absolute atomic E-state index is 0.0768. The lowest BCUT2D eigenvalue weighted by Crippen LogP contribution is -2.20. The van der Waals surface area contributed by atoms with Gasteiger partial charge in [-0.25, -0.2) is 0 Å². The molecule has 0 aliphatic heterocycles. The van der Waals surface area contributed by atoms with Crippen LogP contribution in [0.4, 0.5) is 8.78 Å². The largest absolute Gasteiger partial charge is 0.493 e. The van der Waals surface area contributed by atoms with E-state index in [9.17, 15) is 13.6 Å². The molecule has 0 saturated heterocycles. The smallest absolute Gasteiger partial charge is 0.387 e. The van der Waals surface area contributed by atoms with Gasteiger partial charge in [0.25, 0.3) is 0 Å². The van der Waals surface area contributed by atoms with Crippen molar-refractivity contribution in [3.8, 4) is 11.5 Å². The number of esters is 1. The molecular formula is C13H17F2NO4. The van der Waals surface area contributed by atoms with E-state index in [2.05, 4.69) is 14.8 Å². The van der Waals surface area contributed by atoms with Crippen molar-refractivity contribution < 1.29 is 27.8 Å². The summed E-state index contributed by atoms with van der Waals surface area (Å²) in [5.74, 6) is -0.288. The molecule has 20 heavy (non-hydrogen) atoms. The van der Waals surface area contributed by atoms with Gasteiger partial charge in [-0.3, -0.25) is 4.79 Å². The third-order valence-electron chi connectivity index (χ3n) is 2.75. The minimum atomic E-state index is -2.95. The lowest BCUT2D eigenvalue weighted by molar-refractivity contribution is -0.141. The van der Waals surface area contributed by atoms with Crippen molar-refractivity contribution >= 4 is 5.97 Å². The number of methoxy groups -OCH3 is 2. The van der Waals surface area contributed by atoms with Gasteiger partial charge >= 0.3 is 12.6 Å². The monoisotopic (exact) mass is 289 g/mol. The lowest BCUT2D eigenvalue weighted by Gasteiger charge is -2.18. The van der Waals surface area contributed by atoms with Gasteiger partial charge in [0.15, 0.2) is 11.5 Å². The zero-order chi connectivity index (χ0) is 15.1. The van der Waals surface area contributed by atoms with Gasteiger partial charge in [0, 0.05) is 6.04 Å². The Hall–Kier alpha value is -1.89. The molecule has 1 aromatic rings. The van der Waals surface area contributed by atoms with Crippen molar-refractivity contribution in [2.75, 3.05) is 21.3 Å². The summed E-state index contributed by atoms with van der Waals surface area (Å²) in [5.41, 5.74) is 0.620. The van der Waals surface area contributed by atoms with Gasteiger partial charge < -0.3 is 19.5 Å². The molecule has 1 N–H and O–H groups in total. The molecule has 1 aromatic carbocycles. The Bertz CT molecular complexity index is 454. The minimum Gasteiger partial charge on any atom is -0.493 e. The highest BCUT2D eigenvalue weighted by Gasteiger charge is 2.18. The first-order chi connectivity index (χ1) is 9.51. The van der Waals surface area contributed by atoms with Gasteiger partial charge in [-0.05, 0) is 24.7 Å². The van der Waals surface area contributed by atoms with Gasteiger partial charge in [0.2, 0.25) is 0 Å². The van der Waals surface area contributed by atoms with Gasteiger partial charge in [0.1, 0.15) is 0 Å². The molecule has 5 nitrogen and oxygen atoms in total. The number of ether oxygens (including phenoxy) is 3. The van der Waals surface area contributed by atoms with Crippen molar-refractivity contribution in [2.24, 2.45) is 0 Å². The molecule has 0 aromatic heterocycles. The van der Waals surface area contributed by atoms with E-state index in [1.54, 1.807) is 13.1 Å². The zero-order valence-electron chi connectivity index (χ0n) is 11.5. The molecule has 7 heteroatoms. The maximum Gasteiger partial charge on any atom is 0.387 e. The Morgan fingerprint density at radius 3 is 2.50 bits per heavy atom. The van der Waals surface area contributed by atoms with Crippen LogP contribution in [0.5, 0.6) is 11.5 Å². The highest BCUT2D eigenvalue weighted by atomic mass is 19.3. The molecule has 0 aliphatic carbocycles. The molecule has 0 radical (unpaired) electrons. The van der Waals surface area contributed by atoms with E-state index in [-0.39, 0.29) is 24.0 Å². The average Bonchev–Trinajstić information content (AvgIpc) is 2.43. The van der Waals surface area contributed by atoms with Gasteiger partial charge in [0.05, 0.1) is 20.6 Å². The van der Waals surface area contributed by atoms with E-state index in [1.165, 1.54) is 26.4 Å². The van der Waals surface area contributed by atoms with Crippen LogP contribution in [0.2, 0.25) is 0 Å². The molecule has 112 valence electrons. The van der Waals surface area contributed by atoms with Crippen molar-refractivity contribution in [3.05, 3.63) is 23.8 Å². The fourth-order valence-corrected chi connectivity index (χ4v) is 1.73. The molecule has 0 saturated carbocycles. The van der Waals surface area contributed by atoms with Gasteiger partial charge in [-0.15, -0.1) is 0 Å². The number of nitrogens with one attached hydrogen (secondary N) is 1. The average molecular weight is 289 g/mol. The van der Waals surface area contributed by atoms with Gasteiger partial charge in [-0.2, -0.15) is 8.78 Å². The molecule has 1 atom stereocenters. The third kappa shape index (κ3) is 4.34. The highest BCUT2D eigenvalue weighted by Crippen LogP contribution is 2.32. The Morgan fingerprint density at radius 2 is 2.00 bits per heavy atom. The van der Waals surface area contributed by atoms with E-state index in [0.29, 0.717) is 5.56 Å². The SMILES string of the molecule is CNC(CC(=O)OC)c1ccc(OC)c(OC(F)F)c1. The van der Waals surface area contributed by atoms with Crippen molar-refractivity contribution in [1.29, 1.82) is 0 Å². The summed E-state index contributed by atoms with van der Waals surface area (Å²) in [6.07, 6.45) is 0.0768. The molecule has 0 amide bonds. The number of carbonyl (C=O) groups excluding carboxylic acids is 1. The number of hydrogen-bond acceptors (Lipinski definition) is 5. The van der Waals surface area contributed by atoms with Crippen LogP contribution < -0.4 is 14.8 Å². The summed E-state index contributed by atoms with van der Waals surface area (Å²) < 4.78 is 38.6. The Kier molecular flexibility index (Phi) is 6.17. The summed E-state index contributed by atoms with van der Waals surface area (Å²) >= 11 is 0. The van der Waals surface area contributed by atoms with E-state index in [4.69, 9.17) is 4.74 Å². The van der Waals surface area contributed by atoms with Crippen LogP contribution >= 0.6 is 0 Å². The van der Waals surface area contributed by atoms with Crippen molar-refractivity contribution in [1.82, 2.24) is 5.32 Å². The standard InChI is InChI=1S/C13H17F2NO4/c1-16-9(7-12(17)19-3)8-4-5-10(18-2)11(6-8)20-13(14)15/h4-6,9,13,16H,7H2,1-3H3. The third-order valence-corrected chi connectivity index (χ3v) is 2.75. The fourth-order valence-electron chi connectivity index (χ4n) is 1.73. The topological polar surface area (TPSA) is 56.8 Å². The quantitative estimate of drug-likeness (QED) is 0.779. The van der Waals surface area contributed by atoms with Crippen LogP contribution in [0.3, 0.4) is 0 Å². The second-order valence-corrected chi connectivity index (χ2v) is 3.91. The zero-order valence-corrected chi connectivity index (χ0v) is 11.5. The number of alkyl halides is 2. The Labute approximate surface area is 115 Å². The molecular weight excluding hydrogens is 272 g/mol. The Balaban J connectivity index is 3.01. The molecule has 0 aliphatic rings. The maximum absolute atomic E-state index is 12.3. The summed E-state index contributed by atoms with van der Waals surface area (Å²) in [4.78, 5) is 11.3. The molecule has 0 bridgehead atoms. The molecule has 1 rings (SSSR count). The summed E-state index contributed by atoms with van der Waals surface area (Å²) in [5, 5.41) is 2.92. The second kappa shape index (κ2) is 7.64. The summed E-state index contributed by atoms with van der Waals surface area (Å²) in [7, 11) is 4.30. The predicted octanol–water partition coefficient (Wildman–Crippen LogP) is 2.12. The highest BCUT2D eigenvalue weighted by molar-refractivity contribution is 5.70. The van der Waals surface area contributed by atoms with Crippen molar-refractivity contribution in [2.45, 2.75) is 19.1 Å². The second-order valence-electron chi connectivity index (χ2n) is 3.91. The van der Waals surface area contributed by atoms with E-state index in [1.807, 2.05) is 0 Å². The number of carbonyl (C=O) groups is 1. The van der Waals surface area contributed by atoms with E-state index >= 15 is 0 Å². The lowest BCUT2D eigenvalue weighted by atomic mass is 10.0. The predicted molar refractivity (Wildman–Crippen MR) is 68.1 cm³/mol. The van der Waals surface area contributed by atoms with Crippen LogP contribution in [0, 0.1) is 0 Å². The van der Waals surface area contributed by atoms with E-state index < -0.39 is 12.6 Å². The summed E-state index contributed by atoms with van der Waals surface area (Å²) in [6, 6.07) is 4.22. The first-order valence-electron chi connectivity index (χ1n) is 5.88. The van der Waals surface area contributed by atoms with Gasteiger partial charge in [-0.1, -0.05) is 6.07 Å². The van der Waals surface area contributed by atoms with Crippen LogP contribution in [0.15, 0.2) is 18.2 Å². The first-order valence-corrected chi connectivity index (χ1v) is 5.88. The first kappa shape index (κ1) is 16.2. The molecule has 0 fully saturated rings. The fraction of sp³-hybridized carbons (Fsp3) is 0.462. The molecule has 1 unspecified atom stereocenters. The number of rotatable bonds is 7. The number of halogens is 2. The van der Waals surface area contributed by atoms with E-state index in [0.717, 1.165) is 0 Å². The summed E-state index contributed by atoms with van der Waals surface area (Å²) in [6.45, 7) is -2.95. The molecule has 0 heterocycles. The van der Waals surface area contributed by atoms with Crippen LogP contribution in [-0.2, 0) is 9.53 Å². The number of hydrogen-bond donors (Lipinski definition) is 1. The van der Waals surface area contributed by atoms with Crippen molar-refractivity contribution in [3.63, 3.8) is 0 Å².